The summed E-state index contributed by atoms with van der Waals surface area (Å²) in [5.74, 6) is 1.11. The van der Waals surface area contributed by atoms with Crippen LogP contribution in [0.5, 0.6) is 0 Å². The van der Waals surface area contributed by atoms with Crippen molar-refractivity contribution in [3.05, 3.63) is 42.1 Å². The molecular weight excluding hydrogens is 240 g/mol. The van der Waals surface area contributed by atoms with E-state index < -0.39 is 0 Å². The van der Waals surface area contributed by atoms with Crippen LogP contribution in [-0.4, -0.2) is 26.9 Å². The molecule has 2 heterocycles. The van der Waals surface area contributed by atoms with Gasteiger partial charge in [0.15, 0.2) is 5.89 Å². The van der Waals surface area contributed by atoms with E-state index in [0.717, 1.165) is 23.8 Å². The molecule has 1 unspecified atom stereocenters. The molecule has 2 aromatic heterocycles. The van der Waals surface area contributed by atoms with E-state index in [1.165, 1.54) is 0 Å². The highest BCUT2D eigenvalue weighted by Crippen LogP contribution is 2.19. The fourth-order valence-electron chi connectivity index (χ4n) is 1.83. The molecule has 1 atom stereocenters. The van der Waals surface area contributed by atoms with Crippen LogP contribution in [0.2, 0.25) is 0 Å². The highest BCUT2D eigenvalue weighted by atomic mass is 16.3. The molecule has 2 rings (SSSR count). The van der Waals surface area contributed by atoms with Crippen molar-refractivity contribution in [2.75, 3.05) is 7.05 Å². The zero-order valence-electron chi connectivity index (χ0n) is 11.9. The first-order valence-electron chi connectivity index (χ1n) is 6.48. The monoisotopic (exact) mass is 260 g/mol. The van der Waals surface area contributed by atoms with Crippen molar-refractivity contribution in [1.29, 1.82) is 0 Å². The molecule has 0 fully saturated rings. The number of hydrogen-bond donors (Lipinski definition) is 0. The van der Waals surface area contributed by atoms with Gasteiger partial charge in [-0.25, -0.2) is 15.0 Å². The number of rotatable bonds is 5. The van der Waals surface area contributed by atoms with Gasteiger partial charge in [-0.05, 0) is 20.0 Å². The molecule has 5 heteroatoms. The molecule has 5 nitrogen and oxygen atoms in total. The van der Waals surface area contributed by atoms with Crippen LogP contribution in [0, 0.1) is 0 Å². The normalized spacial score (nSPS) is 13.2. The predicted octanol–water partition coefficient (Wildman–Crippen LogP) is 2.78. The first-order valence-corrected chi connectivity index (χ1v) is 6.48. The summed E-state index contributed by atoms with van der Waals surface area (Å²) in [5, 5.41) is 0. The SMILES string of the molecule is CC(C)c1nc(CN(C)C(C)c2ccncn2)co1. The van der Waals surface area contributed by atoms with Crippen LogP contribution in [0.15, 0.2) is 29.3 Å². The lowest BCUT2D eigenvalue weighted by molar-refractivity contribution is 0.245. The van der Waals surface area contributed by atoms with Gasteiger partial charge in [-0.3, -0.25) is 4.90 Å². The van der Waals surface area contributed by atoms with Gasteiger partial charge >= 0.3 is 0 Å². The Hall–Kier alpha value is -1.75. The molecule has 0 radical (unpaired) electrons. The Balaban J connectivity index is 2.02. The highest BCUT2D eigenvalue weighted by molar-refractivity contribution is 5.05. The van der Waals surface area contributed by atoms with Crippen LogP contribution in [0.1, 0.15) is 50.0 Å². The van der Waals surface area contributed by atoms with Crippen LogP contribution >= 0.6 is 0 Å². The topological polar surface area (TPSA) is 55.1 Å². The number of nitrogens with zero attached hydrogens (tertiary/aromatic N) is 4. The third-order valence-corrected chi connectivity index (χ3v) is 3.17. The Morgan fingerprint density at radius 2 is 2.11 bits per heavy atom. The van der Waals surface area contributed by atoms with Crippen molar-refractivity contribution in [3.63, 3.8) is 0 Å². The van der Waals surface area contributed by atoms with Crippen molar-refractivity contribution in [2.24, 2.45) is 0 Å². The summed E-state index contributed by atoms with van der Waals surface area (Å²) in [6, 6.07) is 2.14. The molecule has 0 spiro atoms. The third kappa shape index (κ3) is 3.38. The van der Waals surface area contributed by atoms with E-state index in [4.69, 9.17) is 4.42 Å². The summed E-state index contributed by atoms with van der Waals surface area (Å²) in [4.78, 5) is 14.9. The van der Waals surface area contributed by atoms with Gasteiger partial charge in [-0.1, -0.05) is 13.8 Å². The first kappa shape index (κ1) is 13.7. The highest BCUT2D eigenvalue weighted by Gasteiger charge is 2.15. The molecule has 2 aromatic rings. The third-order valence-electron chi connectivity index (χ3n) is 3.17. The largest absolute Gasteiger partial charge is 0.448 e. The fraction of sp³-hybridized carbons (Fsp3) is 0.500. The van der Waals surface area contributed by atoms with Crippen molar-refractivity contribution in [3.8, 4) is 0 Å². The maximum Gasteiger partial charge on any atom is 0.196 e. The Kier molecular flexibility index (Phi) is 4.27. The second-order valence-electron chi connectivity index (χ2n) is 5.06. The summed E-state index contributed by atoms with van der Waals surface area (Å²) in [6.07, 6.45) is 5.07. The van der Waals surface area contributed by atoms with Crippen molar-refractivity contribution < 1.29 is 4.42 Å². The van der Waals surface area contributed by atoms with E-state index in [9.17, 15) is 0 Å². The number of oxazole rings is 1. The van der Waals surface area contributed by atoms with E-state index >= 15 is 0 Å². The maximum atomic E-state index is 5.45. The van der Waals surface area contributed by atoms with Crippen LogP contribution < -0.4 is 0 Å². The van der Waals surface area contributed by atoms with Gasteiger partial charge in [0.25, 0.3) is 0 Å². The molecule has 0 saturated heterocycles. The average molecular weight is 260 g/mol. The van der Waals surface area contributed by atoms with E-state index in [1.54, 1.807) is 18.8 Å². The molecule has 0 aliphatic rings. The van der Waals surface area contributed by atoms with Crippen LogP contribution in [-0.2, 0) is 6.54 Å². The minimum atomic E-state index is 0.210. The van der Waals surface area contributed by atoms with Gasteiger partial charge in [-0.2, -0.15) is 0 Å². The van der Waals surface area contributed by atoms with Gasteiger partial charge in [0.2, 0.25) is 0 Å². The lowest BCUT2D eigenvalue weighted by Crippen LogP contribution is -2.22. The standard InChI is InChI=1S/C14H20N4O/c1-10(2)14-17-12(8-19-14)7-18(4)11(3)13-5-6-15-9-16-13/h5-6,8-11H,7H2,1-4H3. The maximum absolute atomic E-state index is 5.45. The molecule has 0 aliphatic heterocycles. The Morgan fingerprint density at radius 1 is 1.32 bits per heavy atom. The molecule has 0 N–H and O–H groups in total. The van der Waals surface area contributed by atoms with E-state index in [0.29, 0.717) is 5.92 Å². The van der Waals surface area contributed by atoms with Crippen LogP contribution in [0.25, 0.3) is 0 Å². The second-order valence-corrected chi connectivity index (χ2v) is 5.06. The predicted molar refractivity (Wildman–Crippen MR) is 72.5 cm³/mol. The second kappa shape index (κ2) is 5.93. The van der Waals surface area contributed by atoms with E-state index in [1.807, 2.05) is 6.07 Å². The molecule has 0 saturated carbocycles. The van der Waals surface area contributed by atoms with Gasteiger partial charge in [0, 0.05) is 24.7 Å². The molecule has 0 aliphatic carbocycles. The summed E-state index contributed by atoms with van der Waals surface area (Å²) < 4.78 is 5.45. The smallest absolute Gasteiger partial charge is 0.196 e. The number of hydrogen-bond acceptors (Lipinski definition) is 5. The lowest BCUT2D eigenvalue weighted by Gasteiger charge is -2.22. The molecule has 0 amide bonds. The average Bonchev–Trinajstić information content (AvgIpc) is 2.87. The van der Waals surface area contributed by atoms with Crippen LogP contribution in [0.3, 0.4) is 0 Å². The lowest BCUT2D eigenvalue weighted by atomic mass is 10.2. The fourth-order valence-corrected chi connectivity index (χ4v) is 1.83. The molecule has 0 aromatic carbocycles. The zero-order valence-corrected chi connectivity index (χ0v) is 11.9. The summed E-state index contributed by atoms with van der Waals surface area (Å²) in [5.41, 5.74) is 1.96. The van der Waals surface area contributed by atoms with Crippen molar-refractivity contribution in [2.45, 2.75) is 39.3 Å². The van der Waals surface area contributed by atoms with E-state index in [-0.39, 0.29) is 6.04 Å². The molecule has 0 bridgehead atoms. The zero-order chi connectivity index (χ0) is 13.8. The minimum Gasteiger partial charge on any atom is -0.448 e. The molecular formula is C14H20N4O. The van der Waals surface area contributed by atoms with Crippen LogP contribution in [0.4, 0.5) is 0 Å². The summed E-state index contributed by atoms with van der Waals surface area (Å²) >= 11 is 0. The van der Waals surface area contributed by atoms with Crippen molar-refractivity contribution in [1.82, 2.24) is 19.9 Å². The van der Waals surface area contributed by atoms with Gasteiger partial charge in [-0.15, -0.1) is 0 Å². The first-order chi connectivity index (χ1) is 9.08. The quantitative estimate of drug-likeness (QED) is 0.827. The summed E-state index contributed by atoms with van der Waals surface area (Å²) in [7, 11) is 2.05. The molecule has 102 valence electrons. The minimum absolute atomic E-state index is 0.210. The number of aromatic nitrogens is 3. The Bertz CT molecular complexity index is 509. The Labute approximate surface area is 113 Å². The molecule has 19 heavy (non-hydrogen) atoms. The Morgan fingerprint density at radius 3 is 2.68 bits per heavy atom. The van der Waals surface area contributed by atoms with E-state index in [2.05, 4.69) is 47.7 Å². The van der Waals surface area contributed by atoms with Gasteiger partial charge < -0.3 is 4.42 Å². The van der Waals surface area contributed by atoms with Gasteiger partial charge in [0.1, 0.15) is 12.6 Å². The van der Waals surface area contributed by atoms with Crippen molar-refractivity contribution >= 4 is 0 Å². The summed E-state index contributed by atoms with van der Waals surface area (Å²) in [6.45, 7) is 7.00. The van der Waals surface area contributed by atoms with Gasteiger partial charge in [0.05, 0.1) is 11.4 Å².